The summed E-state index contributed by atoms with van der Waals surface area (Å²) in [6.45, 7) is 5.60. The maximum Gasteiger partial charge on any atom is 0.337 e. The molecule has 6 nitrogen and oxygen atoms in total. The van der Waals surface area contributed by atoms with E-state index < -0.39 is 11.4 Å². The highest BCUT2D eigenvalue weighted by Gasteiger charge is 2.60. The number of esters is 1. The van der Waals surface area contributed by atoms with Crippen molar-refractivity contribution in [3.63, 3.8) is 0 Å². The van der Waals surface area contributed by atoms with Gasteiger partial charge in [0.1, 0.15) is 0 Å². The second kappa shape index (κ2) is 7.09. The van der Waals surface area contributed by atoms with Crippen LogP contribution in [0.25, 0.3) is 0 Å². The molecule has 0 aliphatic carbocycles. The molecule has 28 heavy (non-hydrogen) atoms. The van der Waals surface area contributed by atoms with Crippen LogP contribution in [0.5, 0.6) is 0 Å². The minimum absolute atomic E-state index is 0.0160. The van der Waals surface area contributed by atoms with Crippen LogP contribution < -0.4 is 5.32 Å². The molecule has 148 valence electrons. The van der Waals surface area contributed by atoms with Crippen LogP contribution in [-0.2, 0) is 24.5 Å². The van der Waals surface area contributed by atoms with E-state index in [1.807, 2.05) is 24.3 Å². The number of methoxy groups -OCH3 is 2. The average molecular weight is 382 g/mol. The number of nitrogens with zero attached hydrogens (tertiary/aromatic N) is 1. The molecule has 1 amide bonds. The van der Waals surface area contributed by atoms with E-state index in [-0.39, 0.29) is 23.8 Å². The topological polar surface area (TPSA) is 67.9 Å². The van der Waals surface area contributed by atoms with Gasteiger partial charge in [-0.25, -0.2) is 4.79 Å². The monoisotopic (exact) mass is 382 g/mol. The third-order valence-corrected chi connectivity index (χ3v) is 6.67. The number of para-hydroxylation sites is 1. The molecule has 0 unspecified atom stereocenters. The molecule has 4 atom stereocenters. The Morgan fingerprint density at radius 1 is 1.36 bits per heavy atom. The van der Waals surface area contributed by atoms with Gasteiger partial charge in [-0.05, 0) is 36.9 Å². The van der Waals surface area contributed by atoms with E-state index in [0.717, 1.165) is 30.8 Å². The molecule has 1 aromatic rings. The lowest BCUT2D eigenvalue weighted by atomic mass is 9.68. The summed E-state index contributed by atoms with van der Waals surface area (Å²) in [5.41, 5.74) is 1.90. The number of rotatable bonds is 4. The fraction of sp³-hybridized carbons (Fsp3) is 0.455. The second-order valence-corrected chi connectivity index (χ2v) is 7.77. The molecule has 0 bridgehead atoms. The molecule has 0 saturated carbocycles. The number of fused-ring (bicyclic) bond motifs is 4. The van der Waals surface area contributed by atoms with E-state index in [1.165, 1.54) is 20.5 Å². The fourth-order valence-corrected chi connectivity index (χ4v) is 5.38. The molecule has 3 aliphatic rings. The molecule has 6 heteroatoms. The number of carbonyl (C=O) groups excluding carboxylic acids is 2. The first-order chi connectivity index (χ1) is 13.6. The molecule has 4 rings (SSSR count). The van der Waals surface area contributed by atoms with Crippen molar-refractivity contribution >= 4 is 17.6 Å². The molecule has 3 aliphatic heterocycles. The zero-order valence-electron chi connectivity index (χ0n) is 16.3. The largest absolute Gasteiger partial charge is 0.504 e. The average Bonchev–Trinajstić information content (AvgIpc) is 3.23. The molecule has 2 saturated heterocycles. The first-order valence-electron chi connectivity index (χ1n) is 9.65. The number of hydrogen-bond donors (Lipinski definition) is 1. The van der Waals surface area contributed by atoms with Gasteiger partial charge in [-0.3, -0.25) is 9.69 Å². The van der Waals surface area contributed by atoms with E-state index in [9.17, 15) is 9.59 Å². The lowest BCUT2D eigenvalue weighted by Gasteiger charge is -2.44. The summed E-state index contributed by atoms with van der Waals surface area (Å²) >= 11 is 0. The van der Waals surface area contributed by atoms with Crippen LogP contribution in [0.2, 0.25) is 0 Å². The van der Waals surface area contributed by atoms with Gasteiger partial charge in [-0.1, -0.05) is 24.3 Å². The van der Waals surface area contributed by atoms with Crippen molar-refractivity contribution in [1.29, 1.82) is 0 Å². The minimum atomic E-state index is -0.574. The van der Waals surface area contributed by atoms with Gasteiger partial charge in [0, 0.05) is 24.2 Å². The molecule has 3 heterocycles. The van der Waals surface area contributed by atoms with E-state index in [2.05, 4.69) is 22.9 Å². The molecule has 1 spiro atoms. The van der Waals surface area contributed by atoms with Gasteiger partial charge in [0.15, 0.2) is 0 Å². The third kappa shape index (κ3) is 2.58. The smallest absolute Gasteiger partial charge is 0.337 e. The molecular formula is C22H26N2O4. The fourth-order valence-electron chi connectivity index (χ4n) is 5.38. The number of ether oxygens (including phenoxy) is 2. The van der Waals surface area contributed by atoms with Gasteiger partial charge in [-0.2, -0.15) is 0 Å². The quantitative estimate of drug-likeness (QED) is 0.375. The zero-order chi connectivity index (χ0) is 19.9. The highest BCUT2D eigenvalue weighted by atomic mass is 16.5. The van der Waals surface area contributed by atoms with E-state index in [0.29, 0.717) is 12.0 Å². The van der Waals surface area contributed by atoms with Gasteiger partial charge < -0.3 is 14.8 Å². The number of anilines is 1. The molecule has 1 aromatic carbocycles. The van der Waals surface area contributed by atoms with Gasteiger partial charge >= 0.3 is 5.97 Å². The van der Waals surface area contributed by atoms with Gasteiger partial charge in [0.25, 0.3) is 0 Å². The minimum Gasteiger partial charge on any atom is -0.504 e. The standard InChI is InChI=1S/C22H26N2O4/c1-4-14-12-24-10-9-22(17-7-5-6-8-18(17)23-21(22)26)19(24)11-15(14)16(13-27-2)20(25)28-3/h4-8,13-15,19H,1,9-12H2,2-3H3,(H,23,26)/t14-,15-,19-,22+/m0/s1. The Morgan fingerprint density at radius 2 is 2.14 bits per heavy atom. The summed E-state index contributed by atoms with van der Waals surface area (Å²) in [5.74, 6) is -0.351. The number of nitrogens with one attached hydrogen (secondary N) is 1. The Bertz CT molecular complexity index is 849. The Labute approximate surface area is 165 Å². The highest BCUT2D eigenvalue weighted by molar-refractivity contribution is 6.07. The zero-order valence-corrected chi connectivity index (χ0v) is 16.3. The predicted octanol–water partition coefficient (Wildman–Crippen LogP) is 2.48. The van der Waals surface area contributed by atoms with Crippen LogP contribution >= 0.6 is 0 Å². The highest BCUT2D eigenvalue weighted by Crippen LogP contribution is 2.52. The normalized spacial score (nSPS) is 31.9. The van der Waals surface area contributed by atoms with Crippen LogP contribution in [0, 0.1) is 11.8 Å². The molecule has 2 fully saturated rings. The predicted molar refractivity (Wildman–Crippen MR) is 106 cm³/mol. The lowest BCUT2D eigenvalue weighted by molar-refractivity contribution is -0.137. The number of piperidine rings is 1. The Kier molecular flexibility index (Phi) is 4.75. The van der Waals surface area contributed by atoms with Crippen LogP contribution in [-0.4, -0.2) is 50.1 Å². The molecule has 0 aromatic heterocycles. The second-order valence-electron chi connectivity index (χ2n) is 7.77. The maximum absolute atomic E-state index is 13.2. The maximum atomic E-state index is 13.2. The number of benzene rings is 1. The van der Waals surface area contributed by atoms with E-state index in [4.69, 9.17) is 9.47 Å². The van der Waals surface area contributed by atoms with Crippen LogP contribution in [0.1, 0.15) is 18.4 Å². The third-order valence-electron chi connectivity index (χ3n) is 6.67. The first-order valence-corrected chi connectivity index (χ1v) is 9.65. The van der Waals surface area contributed by atoms with Crippen molar-refractivity contribution in [3.8, 4) is 0 Å². The van der Waals surface area contributed by atoms with Crippen molar-refractivity contribution in [2.75, 3.05) is 32.6 Å². The van der Waals surface area contributed by atoms with Crippen molar-refractivity contribution in [2.45, 2.75) is 24.3 Å². The van der Waals surface area contributed by atoms with Gasteiger partial charge in [-0.15, -0.1) is 6.58 Å². The number of carbonyl (C=O) groups is 2. The van der Waals surface area contributed by atoms with E-state index in [1.54, 1.807) is 0 Å². The number of amides is 1. The molecule has 1 N–H and O–H groups in total. The summed E-state index contributed by atoms with van der Waals surface area (Å²) in [6, 6.07) is 7.96. The molecule has 0 radical (unpaired) electrons. The van der Waals surface area contributed by atoms with Crippen molar-refractivity contribution in [2.24, 2.45) is 11.8 Å². The SMILES string of the molecule is C=C[C@H]1CN2CC[C@]3(C(=O)Nc4ccccc43)[C@@H]2C[C@@H]1C(=COC)C(=O)OC. The Morgan fingerprint density at radius 3 is 2.86 bits per heavy atom. The van der Waals surface area contributed by atoms with E-state index >= 15 is 0 Å². The van der Waals surface area contributed by atoms with Gasteiger partial charge in [0.2, 0.25) is 5.91 Å². The van der Waals surface area contributed by atoms with Gasteiger partial charge in [0.05, 0.1) is 31.5 Å². The summed E-state index contributed by atoms with van der Waals surface area (Å²) < 4.78 is 10.2. The lowest BCUT2D eigenvalue weighted by Crippen LogP contribution is -2.53. The van der Waals surface area contributed by atoms with Crippen molar-refractivity contribution in [3.05, 3.63) is 54.3 Å². The van der Waals surface area contributed by atoms with Crippen LogP contribution in [0.15, 0.2) is 48.8 Å². The van der Waals surface area contributed by atoms with Crippen LogP contribution in [0.3, 0.4) is 0 Å². The Hall–Kier alpha value is -2.60. The molecular weight excluding hydrogens is 356 g/mol. The van der Waals surface area contributed by atoms with Crippen molar-refractivity contribution in [1.82, 2.24) is 4.90 Å². The summed E-state index contributed by atoms with van der Waals surface area (Å²) in [6.07, 6.45) is 4.83. The summed E-state index contributed by atoms with van der Waals surface area (Å²) in [7, 11) is 2.90. The number of hydrogen-bond acceptors (Lipinski definition) is 5. The van der Waals surface area contributed by atoms with Crippen molar-refractivity contribution < 1.29 is 19.1 Å². The Balaban J connectivity index is 1.75. The first kappa shape index (κ1) is 18.7. The summed E-state index contributed by atoms with van der Waals surface area (Å²) in [5, 5.41) is 3.07. The van der Waals surface area contributed by atoms with Crippen LogP contribution in [0.4, 0.5) is 5.69 Å². The summed E-state index contributed by atoms with van der Waals surface area (Å²) in [4.78, 5) is 28.0.